The first kappa shape index (κ1) is 23.7. The molecule has 0 unspecified atom stereocenters. The van der Waals surface area contributed by atoms with Gasteiger partial charge in [-0.05, 0) is 56.4 Å². The number of aromatic nitrogens is 1. The Kier molecular flexibility index (Phi) is 7.16. The average Bonchev–Trinajstić information content (AvgIpc) is 2.69. The maximum absolute atomic E-state index is 13.3. The Morgan fingerprint density at radius 2 is 1.60 bits per heavy atom. The summed E-state index contributed by atoms with van der Waals surface area (Å²) in [6.45, 7) is 8.95. The van der Waals surface area contributed by atoms with Gasteiger partial charge in [0, 0.05) is 29.7 Å². The molecule has 1 aromatic heterocycles. The first-order chi connectivity index (χ1) is 14.0. The highest BCUT2D eigenvalue weighted by Gasteiger charge is 2.32. The van der Waals surface area contributed by atoms with Crippen LogP contribution in [-0.2, 0) is 32.5 Å². The molecule has 0 bridgehead atoms. The third-order valence-corrected chi connectivity index (χ3v) is 5.65. The molecule has 0 fully saturated rings. The fraction of sp³-hybridized carbons (Fsp3) is 0.478. The summed E-state index contributed by atoms with van der Waals surface area (Å²) in [5.41, 5.74) is 2.05. The zero-order valence-corrected chi connectivity index (χ0v) is 18.4. The number of rotatable bonds is 6. The van der Waals surface area contributed by atoms with Gasteiger partial charge in [0.15, 0.2) is 5.43 Å². The minimum absolute atomic E-state index is 0.0615. The topological polar surface area (TPSA) is 51.1 Å². The molecule has 0 saturated carbocycles. The lowest BCUT2D eigenvalue weighted by Crippen LogP contribution is -2.30. The third kappa shape index (κ3) is 4.45. The largest absolute Gasteiger partial charge is 0.416 e. The van der Waals surface area contributed by atoms with Crippen molar-refractivity contribution in [3.8, 4) is 0 Å². The standard InChI is InChI=1S/C23H29F3N2O2/c1-7-10-18-19(21(29)13(4)14(5)28(18)6)22(30)27-20-15(8-2)11-17(23(24,25)26)12-16(20)9-3/h11-12H,7-10H2,1-6H3,(H,27,30). The van der Waals surface area contributed by atoms with Crippen molar-refractivity contribution in [2.75, 3.05) is 5.32 Å². The Morgan fingerprint density at radius 3 is 2.03 bits per heavy atom. The summed E-state index contributed by atoms with van der Waals surface area (Å²) in [4.78, 5) is 26.2. The molecule has 1 amide bonds. The SMILES string of the molecule is CCCc1c(C(=O)Nc2c(CC)cc(C(F)(F)F)cc2CC)c(=O)c(C)c(C)n1C. The molecule has 1 heterocycles. The maximum Gasteiger partial charge on any atom is 0.416 e. The van der Waals surface area contributed by atoms with Crippen molar-refractivity contribution in [3.63, 3.8) is 0 Å². The van der Waals surface area contributed by atoms with Crippen molar-refractivity contribution in [2.24, 2.45) is 7.05 Å². The number of anilines is 1. The number of pyridine rings is 1. The van der Waals surface area contributed by atoms with Gasteiger partial charge in [-0.2, -0.15) is 13.2 Å². The first-order valence-corrected chi connectivity index (χ1v) is 10.2. The van der Waals surface area contributed by atoms with Crippen molar-refractivity contribution in [2.45, 2.75) is 66.5 Å². The predicted octanol–water partition coefficient (Wildman–Crippen LogP) is 5.35. The quantitative estimate of drug-likeness (QED) is 0.682. The molecule has 2 rings (SSSR count). The van der Waals surface area contributed by atoms with E-state index in [4.69, 9.17) is 0 Å². The molecule has 1 aromatic carbocycles. The van der Waals surface area contributed by atoms with Crippen molar-refractivity contribution < 1.29 is 18.0 Å². The van der Waals surface area contributed by atoms with Crippen LogP contribution in [0.2, 0.25) is 0 Å². The van der Waals surface area contributed by atoms with Crippen molar-refractivity contribution in [3.05, 3.63) is 61.6 Å². The average molecular weight is 422 g/mol. The zero-order valence-electron chi connectivity index (χ0n) is 18.4. The van der Waals surface area contributed by atoms with Gasteiger partial charge in [-0.1, -0.05) is 27.2 Å². The minimum Gasteiger partial charge on any atom is -0.351 e. The molecular weight excluding hydrogens is 393 g/mol. The summed E-state index contributed by atoms with van der Waals surface area (Å²) >= 11 is 0. The smallest absolute Gasteiger partial charge is 0.351 e. The highest BCUT2D eigenvalue weighted by Crippen LogP contribution is 2.35. The van der Waals surface area contributed by atoms with Gasteiger partial charge in [0.2, 0.25) is 0 Å². The Hall–Kier alpha value is -2.57. The van der Waals surface area contributed by atoms with Crippen LogP contribution in [0.15, 0.2) is 16.9 Å². The number of hydrogen-bond acceptors (Lipinski definition) is 2. The Labute approximate surface area is 175 Å². The monoisotopic (exact) mass is 422 g/mol. The second kappa shape index (κ2) is 9.06. The number of carbonyl (C=O) groups excluding carboxylic acids is 1. The van der Waals surface area contributed by atoms with Crippen LogP contribution < -0.4 is 10.7 Å². The fourth-order valence-electron chi connectivity index (χ4n) is 3.69. The Morgan fingerprint density at radius 1 is 1.07 bits per heavy atom. The summed E-state index contributed by atoms with van der Waals surface area (Å²) in [5.74, 6) is -0.577. The summed E-state index contributed by atoms with van der Waals surface area (Å²) in [7, 11) is 1.82. The highest BCUT2D eigenvalue weighted by atomic mass is 19.4. The lowest BCUT2D eigenvalue weighted by atomic mass is 9.97. The number of nitrogens with zero attached hydrogens (tertiary/aromatic N) is 1. The summed E-state index contributed by atoms with van der Waals surface area (Å²) < 4.78 is 41.6. The van der Waals surface area contributed by atoms with Crippen molar-refractivity contribution in [1.29, 1.82) is 0 Å². The number of aryl methyl sites for hydroxylation is 2. The molecule has 0 aliphatic carbocycles. The van der Waals surface area contributed by atoms with Gasteiger partial charge in [0.1, 0.15) is 5.56 Å². The highest BCUT2D eigenvalue weighted by molar-refractivity contribution is 6.06. The molecule has 2 aromatic rings. The molecule has 0 aliphatic rings. The van der Waals surface area contributed by atoms with Crippen LogP contribution in [0.1, 0.15) is 71.2 Å². The van der Waals surface area contributed by atoms with Crippen LogP contribution in [0.4, 0.5) is 18.9 Å². The van der Waals surface area contributed by atoms with Gasteiger partial charge in [-0.3, -0.25) is 9.59 Å². The number of halogens is 3. The molecule has 0 atom stereocenters. The number of benzene rings is 1. The van der Waals surface area contributed by atoms with Crippen LogP contribution in [0.3, 0.4) is 0 Å². The fourth-order valence-corrected chi connectivity index (χ4v) is 3.69. The van der Waals surface area contributed by atoms with E-state index < -0.39 is 17.6 Å². The van der Waals surface area contributed by atoms with Crippen LogP contribution >= 0.6 is 0 Å². The lowest BCUT2D eigenvalue weighted by molar-refractivity contribution is -0.137. The molecule has 0 saturated heterocycles. The van der Waals surface area contributed by atoms with Gasteiger partial charge in [-0.25, -0.2) is 0 Å². The Bertz CT molecular complexity index is 996. The molecule has 4 nitrogen and oxygen atoms in total. The van der Waals surface area contributed by atoms with Gasteiger partial charge < -0.3 is 9.88 Å². The van der Waals surface area contributed by atoms with Crippen molar-refractivity contribution >= 4 is 11.6 Å². The number of alkyl halides is 3. The number of amides is 1. The molecule has 7 heteroatoms. The van der Waals surface area contributed by atoms with Gasteiger partial charge in [0.05, 0.1) is 5.56 Å². The normalized spacial score (nSPS) is 11.6. The van der Waals surface area contributed by atoms with Crippen LogP contribution in [0.5, 0.6) is 0 Å². The molecule has 1 N–H and O–H groups in total. The molecular formula is C23H29F3N2O2. The summed E-state index contributed by atoms with van der Waals surface area (Å²) in [6, 6.07) is 2.14. The minimum atomic E-state index is -4.46. The maximum atomic E-state index is 13.3. The van der Waals surface area contributed by atoms with Gasteiger partial charge in [0.25, 0.3) is 5.91 Å². The Balaban J connectivity index is 2.65. The van der Waals surface area contributed by atoms with E-state index in [-0.39, 0.29) is 11.0 Å². The molecule has 30 heavy (non-hydrogen) atoms. The number of carbonyl (C=O) groups is 1. The first-order valence-electron chi connectivity index (χ1n) is 10.2. The van der Waals surface area contributed by atoms with Crippen LogP contribution in [0, 0.1) is 13.8 Å². The van der Waals surface area contributed by atoms with E-state index >= 15 is 0 Å². The van der Waals surface area contributed by atoms with E-state index in [9.17, 15) is 22.8 Å². The molecule has 0 spiro atoms. The van der Waals surface area contributed by atoms with Gasteiger partial charge in [-0.15, -0.1) is 0 Å². The van der Waals surface area contributed by atoms with E-state index in [0.717, 1.165) is 24.2 Å². The van der Waals surface area contributed by atoms with Gasteiger partial charge >= 0.3 is 6.18 Å². The summed E-state index contributed by atoms with van der Waals surface area (Å²) in [6.07, 6.45) is -2.53. The molecule has 0 radical (unpaired) electrons. The number of nitrogens with one attached hydrogen (secondary N) is 1. The van der Waals surface area contributed by atoms with E-state index in [1.54, 1.807) is 20.8 Å². The second-order valence-electron chi connectivity index (χ2n) is 7.50. The third-order valence-electron chi connectivity index (χ3n) is 5.65. The lowest BCUT2D eigenvalue weighted by Gasteiger charge is -2.21. The van der Waals surface area contributed by atoms with E-state index in [2.05, 4.69) is 5.32 Å². The van der Waals surface area contributed by atoms with Crippen LogP contribution in [-0.4, -0.2) is 10.5 Å². The van der Waals surface area contributed by atoms with Crippen LogP contribution in [0.25, 0.3) is 0 Å². The summed E-state index contributed by atoms with van der Waals surface area (Å²) in [5, 5.41) is 2.77. The second-order valence-corrected chi connectivity index (χ2v) is 7.50. The predicted molar refractivity (Wildman–Crippen MR) is 113 cm³/mol. The van der Waals surface area contributed by atoms with E-state index in [1.807, 2.05) is 25.5 Å². The van der Waals surface area contributed by atoms with E-state index in [1.165, 1.54) is 0 Å². The zero-order chi connectivity index (χ0) is 22.8. The van der Waals surface area contributed by atoms with Crippen molar-refractivity contribution in [1.82, 2.24) is 4.57 Å². The molecule has 0 aliphatic heterocycles. The van der Waals surface area contributed by atoms with E-state index in [0.29, 0.717) is 47.3 Å². The molecule has 164 valence electrons. The number of hydrogen-bond donors (Lipinski definition) is 1.